The Hall–Kier alpha value is 0.143. The van der Waals surface area contributed by atoms with E-state index in [4.69, 9.17) is 24.3 Å². The number of amides is 2. The maximum Gasteiger partial charge on any atom is 1.00 e. The monoisotopic (exact) mass is 628 g/mol. The summed E-state index contributed by atoms with van der Waals surface area (Å²) >= 11 is 0. The predicted molar refractivity (Wildman–Crippen MR) is 130 cm³/mol. The van der Waals surface area contributed by atoms with Crippen LogP contribution in [-0.4, -0.2) is 102 Å². The molecule has 0 spiro atoms. The quantitative estimate of drug-likeness (QED) is 0.0785. The van der Waals surface area contributed by atoms with Crippen molar-refractivity contribution >= 4 is 30.6 Å². The molecule has 2 saturated heterocycles. The molecular formula is C24H42K2N2O12. The molecule has 4 atom stereocenters. The molecule has 0 aliphatic carbocycles. The zero-order valence-corrected chi connectivity index (χ0v) is 31.8. The Labute approximate surface area is 322 Å². The Morgan fingerprint density at radius 1 is 0.825 bits per heavy atom. The van der Waals surface area contributed by atoms with Crippen LogP contribution in [0.25, 0.3) is 0 Å². The van der Waals surface area contributed by atoms with Gasteiger partial charge in [0.05, 0.1) is 26.9 Å². The summed E-state index contributed by atoms with van der Waals surface area (Å²) in [5, 5.41) is 17.9. The van der Waals surface area contributed by atoms with Gasteiger partial charge in [0.15, 0.2) is 0 Å². The molecule has 0 unspecified atom stereocenters. The van der Waals surface area contributed by atoms with Gasteiger partial charge in [-0.3, -0.25) is 14.6 Å². The Bertz CT molecular complexity index is 761. The van der Waals surface area contributed by atoms with Crippen LogP contribution in [0.4, 0.5) is 9.59 Å². The number of carbonyl (C=O) groups is 5. The van der Waals surface area contributed by atoms with Gasteiger partial charge in [0.25, 0.3) is 6.47 Å². The van der Waals surface area contributed by atoms with E-state index in [9.17, 15) is 24.3 Å². The molecular weight excluding hydrogens is 586 g/mol. The van der Waals surface area contributed by atoms with Gasteiger partial charge in [-0.15, -0.1) is 0 Å². The van der Waals surface area contributed by atoms with Crippen molar-refractivity contribution in [3.63, 3.8) is 0 Å². The molecule has 40 heavy (non-hydrogen) atoms. The fraction of sp³-hybridized carbons (Fsp3) is 0.792. The van der Waals surface area contributed by atoms with Gasteiger partial charge in [0.2, 0.25) is 0 Å². The van der Waals surface area contributed by atoms with Crippen molar-refractivity contribution in [2.75, 3.05) is 27.3 Å². The van der Waals surface area contributed by atoms with E-state index in [1.54, 1.807) is 41.5 Å². The second kappa shape index (κ2) is 20.9. The number of aliphatic hydroxyl groups is 1. The molecule has 0 saturated carbocycles. The summed E-state index contributed by atoms with van der Waals surface area (Å²) in [6.45, 7) is 13.1. The summed E-state index contributed by atoms with van der Waals surface area (Å²) in [4.78, 5) is 60.7. The molecule has 0 radical (unpaired) electrons. The van der Waals surface area contributed by atoms with Crippen LogP contribution >= 0.6 is 0 Å². The minimum atomic E-state index is -0.759. The van der Waals surface area contributed by atoms with E-state index < -0.39 is 47.5 Å². The van der Waals surface area contributed by atoms with Gasteiger partial charge in [-0.2, -0.15) is 0 Å². The Kier molecular flexibility index (Phi) is 23.3. The average molecular weight is 629 g/mol. The van der Waals surface area contributed by atoms with Crippen LogP contribution in [0.2, 0.25) is 0 Å². The van der Waals surface area contributed by atoms with Gasteiger partial charge in [-0.25, -0.2) is 19.2 Å². The molecule has 2 amide bonds. The van der Waals surface area contributed by atoms with Crippen LogP contribution in [0.5, 0.6) is 0 Å². The topological polar surface area (TPSA) is 181 Å². The third-order valence-electron chi connectivity index (χ3n) is 5.03. The van der Waals surface area contributed by atoms with Crippen LogP contribution in [0.3, 0.4) is 0 Å². The number of ether oxygens (including phenoxy) is 4. The summed E-state index contributed by atoms with van der Waals surface area (Å²) in [5.74, 6) is -0.626. The predicted octanol–water partition coefficient (Wildman–Crippen LogP) is -5.11. The van der Waals surface area contributed by atoms with E-state index >= 15 is 0 Å². The van der Waals surface area contributed by atoms with Gasteiger partial charge >= 0.3 is 127 Å². The normalized spacial score (nSPS) is 21.5. The summed E-state index contributed by atoms with van der Waals surface area (Å²) < 4.78 is 19.7. The molecule has 16 heteroatoms. The first-order valence-electron chi connectivity index (χ1n) is 12.0. The number of likely N-dealkylation sites (tertiary alicyclic amines) is 2. The van der Waals surface area contributed by atoms with Crippen molar-refractivity contribution in [3.8, 4) is 0 Å². The summed E-state index contributed by atoms with van der Waals surface area (Å²) in [7, 11) is 2.58. The first-order chi connectivity index (χ1) is 17.4. The fourth-order valence-corrected chi connectivity index (χ4v) is 3.62. The third-order valence-corrected chi connectivity index (χ3v) is 5.03. The number of hydrogen-bond acceptors (Lipinski definition) is 12. The minimum absolute atomic E-state index is 0. The molecule has 0 aromatic rings. The van der Waals surface area contributed by atoms with Crippen LogP contribution in [0.15, 0.2) is 0 Å². The van der Waals surface area contributed by atoms with Crippen LogP contribution in [-0.2, 0) is 38.2 Å². The van der Waals surface area contributed by atoms with E-state index in [-0.39, 0.29) is 136 Å². The standard InChI is InChI=1S/C12H21NO4.C11H19NO5.CH2O3.2K.H/c1-8-6-9(10(14)16-5)13(7-8)11(15)17-12(2,3)4;1-11(2,3)17-10(15)12-6-7(13)5-8(12)9(14)16-4;2-1-4-3;;;/h8-9H,6-7H2,1-5H3;7-8,13H,5-6H2,1-4H3;1,3H;;;/q;;;2*+1;-1/p-1/t8-,9-;7-,8-;;;;/m00..../s1. The fourth-order valence-electron chi connectivity index (χ4n) is 3.62. The molecule has 2 rings (SSSR count). The van der Waals surface area contributed by atoms with Crippen molar-refractivity contribution in [3.05, 3.63) is 0 Å². The van der Waals surface area contributed by atoms with E-state index in [1.807, 2.05) is 6.92 Å². The number of hydrogen-bond donors (Lipinski definition) is 1. The Morgan fingerprint density at radius 3 is 1.50 bits per heavy atom. The van der Waals surface area contributed by atoms with E-state index in [0.717, 1.165) is 0 Å². The number of β-amino-alcohol motifs (C(OH)–C–C–N with tert-alkyl or cyclic N) is 1. The number of methoxy groups -OCH3 is 2. The number of carbonyl (C=O) groups excluding carboxylic acids is 5. The molecule has 2 aliphatic rings. The molecule has 0 bridgehead atoms. The maximum absolute atomic E-state index is 11.9. The number of aliphatic hydroxyl groups excluding tert-OH is 1. The van der Waals surface area contributed by atoms with Crippen molar-refractivity contribution in [2.24, 2.45) is 5.92 Å². The molecule has 2 heterocycles. The van der Waals surface area contributed by atoms with Gasteiger partial charge in [0, 0.05) is 13.0 Å². The third kappa shape index (κ3) is 17.3. The van der Waals surface area contributed by atoms with Gasteiger partial charge in [-0.1, -0.05) is 6.92 Å². The first kappa shape index (κ1) is 44.6. The average Bonchev–Trinajstić information content (AvgIpc) is 3.39. The van der Waals surface area contributed by atoms with E-state index in [1.165, 1.54) is 24.0 Å². The second-order valence-corrected chi connectivity index (χ2v) is 10.8. The second-order valence-electron chi connectivity index (χ2n) is 10.8. The molecule has 0 aromatic carbocycles. The zero-order valence-electron chi connectivity index (χ0n) is 26.5. The molecule has 0 aromatic heterocycles. The summed E-state index contributed by atoms with van der Waals surface area (Å²) in [6, 6.07) is -1.27. The van der Waals surface area contributed by atoms with Gasteiger partial charge in [-0.05, 0) is 53.9 Å². The largest absolute Gasteiger partial charge is 1.00 e. The molecule has 2 aliphatic heterocycles. The van der Waals surface area contributed by atoms with Crippen molar-refractivity contribution in [1.29, 1.82) is 0 Å². The minimum Gasteiger partial charge on any atom is -1.00 e. The molecule has 1 N–H and O–H groups in total. The first-order valence-corrected chi connectivity index (χ1v) is 12.0. The SMILES string of the molecule is COC(=O)[C@@H]1C[C@H](C)CN1C(=O)OC(C)(C)C.COC(=O)[C@@H]1C[C@H](O)CN1C(=O)OC(C)(C)C.O=CO[O-].[H-].[K+].[K+]. The Balaban J connectivity index is -0.000000277. The van der Waals surface area contributed by atoms with E-state index in [2.05, 4.69) is 9.62 Å². The van der Waals surface area contributed by atoms with Gasteiger partial charge in [0.1, 0.15) is 23.3 Å². The van der Waals surface area contributed by atoms with Gasteiger partial charge < -0.3 is 35.6 Å². The maximum atomic E-state index is 11.9. The zero-order chi connectivity index (χ0) is 29.8. The number of rotatable bonds is 3. The molecule has 14 nitrogen and oxygen atoms in total. The smallest absolute Gasteiger partial charge is 1.00 e. The number of esters is 2. The van der Waals surface area contributed by atoms with Crippen LogP contribution < -0.4 is 108 Å². The molecule has 2 fully saturated rings. The molecule has 222 valence electrons. The summed E-state index contributed by atoms with van der Waals surface area (Å²) in [5.41, 5.74) is -1.19. The van der Waals surface area contributed by atoms with Crippen LogP contribution in [0, 0.1) is 5.92 Å². The van der Waals surface area contributed by atoms with E-state index in [0.29, 0.717) is 13.0 Å². The van der Waals surface area contributed by atoms with Crippen molar-refractivity contribution < 1.29 is 162 Å². The van der Waals surface area contributed by atoms with Crippen LogP contribution in [0.1, 0.15) is 62.7 Å². The Morgan fingerprint density at radius 2 is 1.18 bits per heavy atom. The van der Waals surface area contributed by atoms with Crippen molar-refractivity contribution in [1.82, 2.24) is 9.80 Å². The summed E-state index contributed by atoms with van der Waals surface area (Å²) in [6.07, 6.45) is -0.953. The van der Waals surface area contributed by atoms with Crippen molar-refractivity contribution in [2.45, 2.75) is 90.7 Å². The number of nitrogens with zero attached hydrogens (tertiary/aromatic N) is 2.